The topological polar surface area (TPSA) is 65.7 Å². The van der Waals surface area contributed by atoms with Crippen molar-refractivity contribution >= 4 is 64.9 Å². The number of benzene rings is 2. The lowest BCUT2D eigenvalue weighted by atomic mass is 10.2. The summed E-state index contributed by atoms with van der Waals surface area (Å²) in [7, 11) is 1.58. The number of hydrogen-bond acceptors (Lipinski definition) is 5. The van der Waals surface area contributed by atoms with Gasteiger partial charge in [-0.3, -0.25) is 4.79 Å². The fourth-order valence-electron chi connectivity index (χ4n) is 2.76. The predicted molar refractivity (Wildman–Crippen MR) is 130 cm³/mol. The molecule has 0 amide bonds. The van der Waals surface area contributed by atoms with Crippen LogP contribution >= 0.6 is 47.8 Å². The molecule has 1 aromatic heterocycles. The summed E-state index contributed by atoms with van der Waals surface area (Å²) in [6.07, 6.45) is 2.49. The maximum absolute atomic E-state index is 12.9. The first kappa shape index (κ1) is 23.0. The minimum Gasteiger partial charge on any atom is -0.493 e. The number of fused-ring (bicyclic) bond motifs is 1. The third-order valence-corrected chi connectivity index (χ3v) is 7.19. The Kier molecular flexibility index (Phi) is 7.36. The molecule has 0 spiro atoms. The molecule has 3 rings (SSSR count). The van der Waals surface area contributed by atoms with Crippen molar-refractivity contribution in [1.29, 1.82) is 0 Å². The van der Waals surface area contributed by atoms with E-state index >= 15 is 0 Å². The average molecular weight is 602 g/mol. The molecule has 0 aliphatic heterocycles. The Morgan fingerprint density at radius 3 is 2.63 bits per heavy atom. The first-order valence-corrected chi connectivity index (χ1v) is 11.6. The quantitative estimate of drug-likeness (QED) is 0.322. The van der Waals surface area contributed by atoms with Crippen molar-refractivity contribution in [2.75, 3.05) is 7.11 Å². The number of rotatable bonds is 6. The summed E-state index contributed by atoms with van der Waals surface area (Å²) in [5, 5.41) is 4.88. The van der Waals surface area contributed by atoms with Gasteiger partial charge in [-0.2, -0.15) is 9.78 Å². The number of halogens is 3. The van der Waals surface area contributed by atoms with E-state index in [0.717, 1.165) is 20.9 Å². The molecule has 0 saturated heterocycles. The fraction of sp³-hybridized carbons (Fsp3) is 0.286. The first-order chi connectivity index (χ1) is 14.3. The molecule has 1 heterocycles. The number of ether oxygens (including phenoxy) is 2. The SMILES string of the molecule is CC[C@@H](C)Oc1c(OC)cc(C=Nn2c(C)nc3ccc(Br)cc3c2=O)c(Br)c1Br. The van der Waals surface area contributed by atoms with E-state index in [-0.39, 0.29) is 11.7 Å². The van der Waals surface area contributed by atoms with E-state index in [1.165, 1.54) is 4.68 Å². The molecular formula is C21H20Br3N3O3. The molecule has 0 saturated carbocycles. The van der Waals surface area contributed by atoms with Crippen LogP contribution in [0.1, 0.15) is 31.7 Å². The van der Waals surface area contributed by atoms with Gasteiger partial charge in [-0.25, -0.2) is 4.98 Å². The molecule has 2 aromatic carbocycles. The van der Waals surface area contributed by atoms with Gasteiger partial charge in [0.15, 0.2) is 11.5 Å². The molecule has 0 fully saturated rings. The molecule has 1 atom stereocenters. The zero-order valence-corrected chi connectivity index (χ0v) is 21.6. The Morgan fingerprint density at radius 2 is 1.97 bits per heavy atom. The number of aryl methyl sites for hydroxylation is 1. The molecule has 9 heteroatoms. The van der Waals surface area contributed by atoms with Crippen LogP contribution in [0.15, 0.2) is 47.6 Å². The first-order valence-electron chi connectivity index (χ1n) is 9.22. The summed E-state index contributed by atoms with van der Waals surface area (Å²) in [5.74, 6) is 1.67. The van der Waals surface area contributed by atoms with Gasteiger partial charge in [-0.15, -0.1) is 0 Å². The Balaban J connectivity index is 2.08. The van der Waals surface area contributed by atoms with Gasteiger partial charge in [0.05, 0.1) is 34.8 Å². The third kappa shape index (κ3) is 4.63. The maximum atomic E-state index is 12.9. The number of aromatic nitrogens is 2. The summed E-state index contributed by atoms with van der Waals surface area (Å²) in [5.41, 5.74) is 1.11. The highest BCUT2D eigenvalue weighted by atomic mass is 79.9. The third-order valence-electron chi connectivity index (χ3n) is 4.55. The van der Waals surface area contributed by atoms with Crippen molar-refractivity contribution in [3.8, 4) is 11.5 Å². The van der Waals surface area contributed by atoms with Crippen molar-refractivity contribution in [1.82, 2.24) is 9.66 Å². The predicted octanol–water partition coefficient (Wildman–Crippen LogP) is 6.06. The van der Waals surface area contributed by atoms with Gasteiger partial charge in [0.2, 0.25) is 0 Å². The van der Waals surface area contributed by atoms with Crippen LogP contribution in [0.3, 0.4) is 0 Å². The Bertz CT molecular complexity index is 1190. The fourth-order valence-corrected chi connectivity index (χ4v) is 4.04. The lowest BCUT2D eigenvalue weighted by Crippen LogP contribution is -2.20. The second-order valence-corrected chi connectivity index (χ2v) is 9.15. The van der Waals surface area contributed by atoms with Crippen LogP contribution in [0.25, 0.3) is 10.9 Å². The standard InChI is InChI=1S/C21H20Br3N3O3/c1-5-11(2)30-20-17(29-4)8-13(18(23)19(20)24)10-25-27-12(3)26-16-7-6-14(22)9-15(16)21(27)28/h6-11H,5H2,1-4H3/t11-/m1/s1. The lowest BCUT2D eigenvalue weighted by Gasteiger charge is -2.18. The highest BCUT2D eigenvalue weighted by molar-refractivity contribution is 9.13. The summed E-state index contributed by atoms with van der Waals surface area (Å²) in [4.78, 5) is 17.4. The Morgan fingerprint density at radius 1 is 1.23 bits per heavy atom. The Hall–Kier alpha value is -1.71. The van der Waals surface area contributed by atoms with Crippen molar-refractivity contribution < 1.29 is 9.47 Å². The monoisotopic (exact) mass is 599 g/mol. The molecule has 0 bridgehead atoms. The van der Waals surface area contributed by atoms with Crippen LogP contribution in [-0.4, -0.2) is 29.1 Å². The van der Waals surface area contributed by atoms with Crippen molar-refractivity contribution in [2.24, 2.45) is 5.10 Å². The highest BCUT2D eigenvalue weighted by Gasteiger charge is 2.18. The van der Waals surface area contributed by atoms with Gasteiger partial charge in [0, 0.05) is 14.5 Å². The second kappa shape index (κ2) is 9.62. The molecule has 0 radical (unpaired) electrons. The van der Waals surface area contributed by atoms with Crippen LogP contribution in [0.2, 0.25) is 0 Å². The van der Waals surface area contributed by atoms with Gasteiger partial charge in [0.25, 0.3) is 5.56 Å². The second-order valence-electron chi connectivity index (χ2n) is 6.64. The van der Waals surface area contributed by atoms with E-state index in [9.17, 15) is 4.79 Å². The van der Waals surface area contributed by atoms with Crippen molar-refractivity contribution in [3.63, 3.8) is 0 Å². The zero-order valence-electron chi connectivity index (χ0n) is 16.9. The number of nitrogens with zero attached hydrogens (tertiary/aromatic N) is 3. The van der Waals surface area contributed by atoms with Crippen LogP contribution in [-0.2, 0) is 0 Å². The zero-order chi connectivity index (χ0) is 22.0. The van der Waals surface area contributed by atoms with E-state index in [1.54, 1.807) is 32.4 Å². The molecule has 0 N–H and O–H groups in total. The van der Waals surface area contributed by atoms with E-state index in [2.05, 4.69) is 64.8 Å². The maximum Gasteiger partial charge on any atom is 0.282 e. The van der Waals surface area contributed by atoms with Gasteiger partial charge >= 0.3 is 0 Å². The summed E-state index contributed by atoms with van der Waals surface area (Å²) in [6, 6.07) is 7.20. The molecule has 30 heavy (non-hydrogen) atoms. The van der Waals surface area contributed by atoms with Gasteiger partial charge in [-0.1, -0.05) is 22.9 Å². The summed E-state index contributed by atoms with van der Waals surface area (Å²) in [6.45, 7) is 5.79. The minimum atomic E-state index is -0.242. The van der Waals surface area contributed by atoms with Crippen molar-refractivity contribution in [2.45, 2.75) is 33.3 Å². The van der Waals surface area contributed by atoms with Crippen LogP contribution in [0, 0.1) is 6.92 Å². The summed E-state index contributed by atoms with van der Waals surface area (Å²) < 4.78 is 15.1. The van der Waals surface area contributed by atoms with Crippen LogP contribution in [0.4, 0.5) is 0 Å². The van der Waals surface area contributed by atoms with E-state index < -0.39 is 0 Å². The number of hydrogen-bond donors (Lipinski definition) is 0. The van der Waals surface area contributed by atoms with E-state index in [1.807, 2.05) is 19.1 Å². The largest absolute Gasteiger partial charge is 0.493 e. The minimum absolute atomic E-state index is 0.0332. The van der Waals surface area contributed by atoms with Crippen LogP contribution in [0.5, 0.6) is 11.5 Å². The average Bonchev–Trinajstić information content (AvgIpc) is 2.73. The normalized spacial score (nSPS) is 12.5. The van der Waals surface area contributed by atoms with Gasteiger partial charge < -0.3 is 9.47 Å². The summed E-state index contributed by atoms with van der Waals surface area (Å²) >= 11 is 10.6. The molecule has 158 valence electrons. The highest BCUT2D eigenvalue weighted by Crippen LogP contribution is 2.42. The molecule has 3 aromatic rings. The van der Waals surface area contributed by atoms with E-state index in [4.69, 9.17) is 9.47 Å². The molecule has 6 nitrogen and oxygen atoms in total. The molecule has 0 aliphatic carbocycles. The number of methoxy groups -OCH3 is 1. The Labute approximate surface area is 199 Å². The molecular weight excluding hydrogens is 582 g/mol. The lowest BCUT2D eigenvalue weighted by molar-refractivity contribution is 0.206. The van der Waals surface area contributed by atoms with Crippen molar-refractivity contribution in [3.05, 3.63) is 59.4 Å². The molecule has 0 unspecified atom stereocenters. The van der Waals surface area contributed by atoms with Crippen LogP contribution < -0.4 is 15.0 Å². The smallest absolute Gasteiger partial charge is 0.282 e. The van der Waals surface area contributed by atoms with E-state index in [0.29, 0.717) is 32.7 Å². The molecule has 0 aliphatic rings. The van der Waals surface area contributed by atoms with Gasteiger partial charge in [0.1, 0.15) is 5.82 Å². The van der Waals surface area contributed by atoms with Gasteiger partial charge in [-0.05, 0) is 76.4 Å².